The summed E-state index contributed by atoms with van der Waals surface area (Å²) < 4.78 is 0. The molecule has 0 heterocycles. The molecule has 0 unspecified atom stereocenters. The van der Waals surface area contributed by atoms with Crippen LogP contribution in [0.2, 0.25) is 5.02 Å². The fraction of sp³-hybridized carbons (Fsp3) is 0.412. The second-order valence-corrected chi connectivity index (χ2v) is 5.86. The van der Waals surface area contributed by atoms with Crippen molar-refractivity contribution >= 4 is 17.5 Å². The number of rotatable bonds is 5. The molecule has 0 bridgehead atoms. The van der Waals surface area contributed by atoms with Crippen LogP contribution in [-0.4, -0.2) is 11.9 Å². The number of carbonyl (C=O) groups excluding carboxylic acids is 1. The normalized spacial score (nSPS) is 15.9. The zero-order valence-electron chi connectivity index (χ0n) is 12.4. The van der Waals surface area contributed by atoms with E-state index in [1.165, 1.54) is 12.6 Å². The van der Waals surface area contributed by atoms with Gasteiger partial charge in [0.05, 0.1) is 0 Å². The van der Waals surface area contributed by atoms with Crippen LogP contribution in [0.1, 0.15) is 37.7 Å². The van der Waals surface area contributed by atoms with Crippen LogP contribution in [0.25, 0.3) is 0 Å². The second kappa shape index (κ2) is 8.45. The minimum absolute atomic E-state index is 0.0950. The predicted octanol–water partition coefficient (Wildman–Crippen LogP) is 3.29. The summed E-state index contributed by atoms with van der Waals surface area (Å²) in [6.07, 6.45) is 6.96. The van der Waals surface area contributed by atoms with Gasteiger partial charge in [0.1, 0.15) is 11.6 Å². The van der Waals surface area contributed by atoms with Crippen LogP contribution in [-0.2, 0) is 11.3 Å². The van der Waals surface area contributed by atoms with Crippen LogP contribution >= 0.6 is 11.6 Å². The van der Waals surface area contributed by atoms with Gasteiger partial charge in [0, 0.05) is 23.8 Å². The van der Waals surface area contributed by atoms with Crippen LogP contribution in [0.3, 0.4) is 0 Å². The summed E-state index contributed by atoms with van der Waals surface area (Å²) in [6.45, 7) is 0.474. The summed E-state index contributed by atoms with van der Waals surface area (Å²) in [5.41, 5.74) is 1.02. The lowest BCUT2D eigenvalue weighted by Crippen LogP contribution is -2.37. The molecule has 0 atom stereocenters. The third kappa shape index (κ3) is 4.78. The second-order valence-electron chi connectivity index (χ2n) is 5.45. The lowest BCUT2D eigenvalue weighted by molar-refractivity contribution is -0.118. The molecule has 2 N–H and O–H groups in total. The number of amides is 1. The van der Waals surface area contributed by atoms with Crippen molar-refractivity contribution in [2.45, 2.75) is 44.7 Å². The number of nitrogens with one attached hydrogen (secondary N) is 2. The highest BCUT2D eigenvalue weighted by atomic mass is 35.5. The van der Waals surface area contributed by atoms with E-state index in [4.69, 9.17) is 16.9 Å². The van der Waals surface area contributed by atoms with Crippen LogP contribution in [0.4, 0.5) is 0 Å². The monoisotopic (exact) mass is 317 g/mol. The summed E-state index contributed by atoms with van der Waals surface area (Å²) in [5, 5.41) is 15.7. The molecule has 2 rings (SSSR count). The number of nitrogens with zero attached hydrogens (tertiary/aromatic N) is 1. The lowest BCUT2D eigenvalue weighted by atomic mass is 9.95. The van der Waals surface area contributed by atoms with E-state index in [2.05, 4.69) is 10.6 Å². The largest absolute Gasteiger partial charge is 0.386 e. The quantitative estimate of drug-likeness (QED) is 0.647. The van der Waals surface area contributed by atoms with Crippen LogP contribution in [0.5, 0.6) is 0 Å². The molecular formula is C17H20ClN3O. The van der Waals surface area contributed by atoms with Gasteiger partial charge in [-0.25, -0.2) is 0 Å². The Morgan fingerprint density at radius 1 is 1.32 bits per heavy atom. The van der Waals surface area contributed by atoms with Gasteiger partial charge < -0.3 is 10.6 Å². The Morgan fingerprint density at radius 3 is 2.73 bits per heavy atom. The number of halogens is 1. The van der Waals surface area contributed by atoms with Gasteiger partial charge in [0.15, 0.2) is 0 Å². The molecule has 116 valence electrons. The van der Waals surface area contributed by atoms with Crippen molar-refractivity contribution in [3.8, 4) is 6.07 Å². The molecule has 1 aromatic rings. The molecule has 5 heteroatoms. The predicted molar refractivity (Wildman–Crippen MR) is 87.0 cm³/mol. The van der Waals surface area contributed by atoms with Crippen LogP contribution < -0.4 is 10.6 Å². The molecule has 1 saturated carbocycles. The first-order valence-corrected chi connectivity index (χ1v) is 7.96. The van der Waals surface area contributed by atoms with E-state index in [0.29, 0.717) is 11.6 Å². The van der Waals surface area contributed by atoms with Crippen molar-refractivity contribution in [1.29, 1.82) is 5.26 Å². The standard InChI is InChI=1S/C17H20ClN3O/c18-16-9-5-4-6-13(16)11-20-12-14(10-19)17(22)21-15-7-2-1-3-8-15/h4-6,9,12,15,20H,1-3,7-8,11H2,(H,21,22)/b14-12-. The van der Waals surface area contributed by atoms with Gasteiger partial charge in [-0.2, -0.15) is 5.26 Å². The summed E-state index contributed by atoms with van der Waals surface area (Å²) in [6, 6.07) is 9.61. The van der Waals surface area contributed by atoms with Crippen molar-refractivity contribution in [3.05, 3.63) is 46.6 Å². The smallest absolute Gasteiger partial charge is 0.263 e. The van der Waals surface area contributed by atoms with E-state index >= 15 is 0 Å². The van der Waals surface area contributed by atoms with Gasteiger partial charge in [0.25, 0.3) is 5.91 Å². The summed E-state index contributed by atoms with van der Waals surface area (Å²) in [5.74, 6) is -0.305. The number of benzene rings is 1. The first kappa shape index (κ1) is 16.4. The lowest BCUT2D eigenvalue weighted by Gasteiger charge is -2.22. The highest BCUT2D eigenvalue weighted by molar-refractivity contribution is 6.31. The van der Waals surface area contributed by atoms with Gasteiger partial charge >= 0.3 is 0 Å². The first-order chi connectivity index (χ1) is 10.7. The average Bonchev–Trinajstić information content (AvgIpc) is 2.54. The molecule has 1 aromatic carbocycles. The summed E-state index contributed by atoms with van der Waals surface area (Å²) in [7, 11) is 0. The minimum Gasteiger partial charge on any atom is -0.386 e. The SMILES string of the molecule is N#C/C(=C/NCc1ccccc1Cl)C(=O)NC1CCCCC1. The van der Waals surface area contributed by atoms with E-state index in [0.717, 1.165) is 31.2 Å². The molecule has 0 aliphatic heterocycles. The fourth-order valence-electron chi connectivity index (χ4n) is 2.56. The number of hydrogen-bond acceptors (Lipinski definition) is 3. The zero-order chi connectivity index (χ0) is 15.8. The molecule has 1 aliphatic carbocycles. The van der Waals surface area contributed by atoms with E-state index in [1.54, 1.807) is 0 Å². The molecule has 1 aliphatic rings. The number of carbonyl (C=O) groups is 1. The van der Waals surface area contributed by atoms with Gasteiger partial charge in [-0.05, 0) is 24.5 Å². The number of nitriles is 1. The maximum absolute atomic E-state index is 12.1. The van der Waals surface area contributed by atoms with Crippen molar-refractivity contribution in [2.75, 3.05) is 0 Å². The highest BCUT2D eigenvalue weighted by Gasteiger charge is 2.17. The first-order valence-electron chi connectivity index (χ1n) is 7.58. The van der Waals surface area contributed by atoms with Crippen molar-refractivity contribution in [2.24, 2.45) is 0 Å². The van der Waals surface area contributed by atoms with Crippen molar-refractivity contribution in [1.82, 2.24) is 10.6 Å². The summed E-state index contributed by atoms with van der Waals surface area (Å²) in [4.78, 5) is 12.1. The molecule has 0 radical (unpaired) electrons. The van der Waals surface area contributed by atoms with E-state index < -0.39 is 0 Å². The van der Waals surface area contributed by atoms with E-state index in [-0.39, 0.29) is 17.5 Å². The average molecular weight is 318 g/mol. The zero-order valence-corrected chi connectivity index (χ0v) is 13.2. The molecule has 22 heavy (non-hydrogen) atoms. The minimum atomic E-state index is -0.305. The Kier molecular flexibility index (Phi) is 6.29. The molecule has 1 fully saturated rings. The van der Waals surface area contributed by atoms with E-state index in [9.17, 15) is 4.79 Å². The molecule has 0 aromatic heterocycles. The molecule has 0 spiro atoms. The Balaban J connectivity index is 1.88. The van der Waals surface area contributed by atoms with Gasteiger partial charge in [0.2, 0.25) is 0 Å². The van der Waals surface area contributed by atoms with Gasteiger partial charge in [-0.1, -0.05) is 49.1 Å². The Hall–Kier alpha value is -1.99. The van der Waals surface area contributed by atoms with Crippen LogP contribution in [0.15, 0.2) is 36.0 Å². The van der Waals surface area contributed by atoms with Crippen molar-refractivity contribution < 1.29 is 4.79 Å². The Bertz CT molecular complexity index is 586. The summed E-state index contributed by atoms with van der Waals surface area (Å²) >= 11 is 6.06. The van der Waals surface area contributed by atoms with Gasteiger partial charge in [-0.3, -0.25) is 4.79 Å². The topological polar surface area (TPSA) is 64.9 Å². The fourth-order valence-corrected chi connectivity index (χ4v) is 2.77. The molecule has 0 saturated heterocycles. The molecule has 1 amide bonds. The maximum atomic E-state index is 12.1. The van der Waals surface area contributed by atoms with Gasteiger partial charge in [-0.15, -0.1) is 0 Å². The number of hydrogen-bond donors (Lipinski definition) is 2. The Labute approximate surface area is 136 Å². The van der Waals surface area contributed by atoms with E-state index in [1.807, 2.05) is 30.3 Å². The maximum Gasteiger partial charge on any atom is 0.263 e. The Morgan fingerprint density at radius 2 is 2.05 bits per heavy atom. The molecular weight excluding hydrogens is 298 g/mol. The third-order valence-electron chi connectivity index (χ3n) is 3.80. The highest BCUT2D eigenvalue weighted by Crippen LogP contribution is 2.17. The van der Waals surface area contributed by atoms with Crippen molar-refractivity contribution in [3.63, 3.8) is 0 Å². The van der Waals surface area contributed by atoms with Crippen LogP contribution in [0, 0.1) is 11.3 Å². The third-order valence-corrected chi connectivity index (χ3v) is 4.17. The molecule has 4 nitrogen and oxygen atoms in total.